The first-order valence-electron chi connectivity index (χ1n) is 5.49. The standard InChI is InChI=1S/C13H19N/c1-9(2)10-4-5-11-7-13(14-3)8-12(11)6-10/h4-6,9,13-14H,7-8H2,1-3H3. The van der Waals surface area contributed by atoms with Gasteiger partial charge in [0.15, 0.2) is 0 Å². The van der Waals surface area contributed by atoms with E-state index < -0.39 is 0 Å². The van der Waals surface area contributed by atoms with E-state index in [4.69, 9.17) is 0 Å². The molecular weight excluding hydrogens is 170 g/mol. The van der Waals surface area contributed by atoms with Gasteiger partial charge in [-0.15, -0.1) is 0 Å². The van der Waals surface area contributed by atoms with Crippen LogP contribution >= 0.6 is 0 Å². The van der Waals surface area contributed by atoms with Crippen molar-refractivity contribution in [2.24, 2.45) is 0 Å². The molecule has 0 radical (unpaired) electrons. The fourth-order valence-electron chi connectivity index (χ4n) is 2.20. The number of hydrogen-bond donors (Lipinski definition) is 1. The molecule has 1 unspecified atom stereocenters. The number of hydrogen-bond acceptors (Lipinski definition) is 1. The van der Waals surface area contributed by atoms with E-state index in [1.807, 2.05) is 0 Å². The van der Waals surface area contributed by atoms with Gasteiger partial charge in [-0.1, -0.05) is 32.0 Å². The first-order chi connectivity index (χ1) is 6.70. The topological polar surface area (TPSA) is 12.0 Å². The Bertz CT molecular complexity index is 328. The van der Waals surface area contributed by atoms with Crippen LogP contribution in [-0.4, -0.2) is 13.1 Å². The van der Waals surface area contributed by atoms with Gasteiger partial charge in [-0.25, -0.2) is 0 Å². The summed E-state index contributed by atoms with van der Waals surface area (Å²) in [5, 5.41) is 3.36. The maximum atomic E-state index is 3.36. The van der Waals surface area contributed by atoms with Gasteiger partial charge in [-0.05, 0) is 42.5 Å². The van der Waals surface area contributed by atoms with E-state index in [0.29, 0.717) is 12.0 Å². The Kier molecular flexibility index (Phi) is 2.60. The molecule has 0 amide bonds. The van der Waals surface area contributed by atoms with Gasteiger partial charge < -0.3 is 5.32 Å². The largest absolute Gasteiger partial charge is 0.316 e. The van der Waals surface area contributed by atoms with Gasteiger partial charge in [0.2, 0.25) is 0 Å². The second-order valence-electron chi connectivity index (χ2n) is 4.58. The van der Waals surface area contributed by atoms with Crippen LogP contribution in [0.1, 0.15) is 36.5 Å². The number of likely N-dealkylation sites (N-methyl/N-ethyl adjacent to an activating group) is 1. The highest BCUT2D eigenvalue weighted by Gasteiger charge is 2.19. The molecular formula is C13H19N. The normalized spacial score (nSPS) is 20.1. The van der Waals surface area contributed by atoms with Crippen molar-refractivity contribution in [3.63, 3.8) is 0 Å². The highest BCUT2D eigenvalue weighted by atomic mass is 14.9. The van der Waals surface area contributed by atoms with E-state index in [1.165, 1.54) is 24.0 Å². The zero-order valence-corrected chi connectivity index (χ0v) is 9.30. The van der Waals surface area contributed by atoms with E-state index >= 15 is 0 Å². The average molecular weight is 189 g/mol. The highest BCUT2D eigenvalue weighted by Crippen LogP contribution is 2.26. The molecule has 1 aromatic rings. The highest BCUT2D eigenvalue weighted by molar-refractivity contribution is 5.38. The predicted octanol–water partition coefficient (Wildman–Crippen LogP) is 2.50. The minimum absolute atomic E-state index is 0.647. The summed E-state index contributed by atoms with van der Waals surface area (Å²) in [4.78, 5) is 0. The monoisotopic (exact) mass is 189 g/mol. The minimum atomic E-state index is 0.647. The maximum Gasteiger partial charge on any atom is 0.0145 e. The van der Waals surface area contributed by atoms with Crippen LogP contribution in [0.3, 0.4) is 0 Å². The van der Waals surface area contributed by atoms with Crippen molar-refractivity contribution in [2.75, 3.05) is 7.05 Å². The van der Waals surface area contributed by atoms with Gasteiger partial charge in [0, 0.05) is 6.04 Å². The second-order valence-corrected chi connectivity index (χ2v) is 4.58. The Labute approximate surface area is 86.5 Å². The molecule has 1 aliphatic rings. The van der Waals surface area contributed by atoms with Crippen LogP contribution in [-0.2, 0) is 12.8 Å². The average Bonchev–Trinajstić information content (AvgIpc) is 2.58. The third-order valence-electron chi connectivity index (χ3n) is 3.24. The maximum absolute atomic E-state index is 3.36. The summed E-state index contributed by atoms with van der Waals surface area (Å²) >= 11 is 0. The number of benzene rings is 1. The summed E-state index contributed by atoms with van der Waals surface area (Å²) in [6.45, 7) is 4.51. The molecule has 1 heteroatoms. The summed E-state index contributed by atoms with van der Waals surface area (Å²) < 4.78 is 0. The second kappa shape index (κ2) is 3.74. The molecule has 0 saturated carbocycles. The molecule has 1 aliphatic carbocycles. The third kappa shape index (κ3) is 1.69. The molecule has 76 valence electrons. The van der Waals surface area contributed by atoms with Crippen LogP contribution in [0, 0.1) is 0 Å². The molecule has 0 spiro atoms. The van der Waals surface area contributed by atoms with Crippen molar-refractivity contribution >= 4 is 0 Å². The van der Waals surface area contributed by atoms with E-state index in [-0.39, 0.29) is 0 Å². The minimum Gasteiger partial charge on any atom is -0.316 e. The van der Waals surface area contributed by atoms with Crippen molar-refractivity contribution < 1.29 is 0 Å². The lowest BCUT2D eigenvalue weighted by atomic mass is 9.99. The van der Waals surface area contributed by atoms with E-state index in [2.05, 4.69) is 44.4 Å². The van der Waals surface area contributed by atoms with Crippen molar-refractivity contribution in [2.45, 2.75) is 38.6 Å². The molecule has 0 fully saturated rings. The van der Waals surface area contributed by atoms with Crippen LogP contribution in [0.4, 0.5) is 0 Å². The quantitative estimate of drug-likeness (QED) is 0.753. The number of fused-ring (bicyclic) bond motifs is 1. The van der Waals surface area contributed by atoms with Crippen molar-refractivity contribution in [1.82, 2.24) is 5.32 Å². The zero-order valence-electron chi connectivity index (χ0n) is 9.30. The van der Waals surface area contributed by atoms with Gasteiger partial charge in [-0.3, -0.25) is 0 Å². The SMILES string of the molecule is CNC1Cc2ccc(C(C)C)cc2C1. The van der Waals surface area contributed by atoms with Gasteiger partial charge >= 0.3 is 0 Å². The molecule has 14 heavy (non-hydrogen) atoms. The number of rotatable bonds is 2. The van der Waals surface area contributed by atoms with Crippen LogP contribution in [0.2, 0.25) is 0 Å². The fourth-order valence-corrected chi connectivity index (χ4v) is 2.20. The summed E-state index contributed by atoms with van der Waals surface area (Å²) in [6, 6.07) is 7.63. The van der Waals surface area contributed by atoms with Gasteiger partial charge in [-0.2, -0.15) is 0 Å². The Morgan fingerprint density at radius 2 is 1.93 bits per heavy atom. The van der Waals surface area contributed by atoms with E-state index in [0.717, 1.165) is 0 Å². The molecule has 0 saturated heterocycles. The van der Waals surface area contributed by atoms with Crippen molar-refractivity contribution in [3.05, 3.63) is 34.9 Å². The molecule has 0 heterocycles. The third-order valence-corrected chi connectivity index (χ3v) is 3.24. The van der Waals surface area contributed by atoms with Crippen LogP contribution in [0.15, 0.2) is 18.2 Å². The molecule has 0 aromatic heterocycles. The smallest absolute Gasteiger partial charge is 0.0145 e. The Morgan fingerprint density at radius 1 is 1.21 bits per heavy atom. The van der Waals surface area contributed by atoms with Gasteiger partial charge in [0.05, 0.1) is 0 Å². The Morgan fingerprint density at radius 3 is 2.57 bits per heavy atom. The Hall–Kier alpha value is -0.820. The zero-order chi connectivity index (χ0) is 10.1. The first kappa shape index (κ1) is 9.72. The summed E-state index contributed by atoms with van der Waals surface area (Å²) in [5.74, 6) is 0.647. The molecule has 0 bridgehead atoms. The lowest BCUT2D eigenvalue weighted by Gasteiger charge is -2.07. The molecule has 0 aliphatic heterocycles. The van der Waals surface area contributed by atoms with E-state index in [1.54, 1.807) is 5.56 Å². The summed E-state index contributed by atoms with van der Waals surface area (Å²) in [6.07, 6.45) is 2.40. The molecule has 1 aromatic carbocycles. The molecule has 2 rings (SSSR count). The van der Waals surface area contributed by atoms with E-state index in [9.17, 15) is 0 Å². The first-order valence-corrected chi connectivity index (χ1v) is 5.49. The van der Waals surface area contributed by atoms with Crippen LogP contribution < -0.4 is 5.32 Å². The lowest BCUT2D eigenvalue weighted by molar-refractivity contribution is 0.593. The molecule has 1 atom stereocenters. The summed E-state index contributed by atoms with van der Waals surface area (Å²) in [7, 11) is 2.06. The predicted molar refractivity (Wildman–Crippen MR) is 60.8 cm³/mol. The Balaban J connectivity index is 2.26. The van der Waals surface area contributed by atoms with Gasteiger partial charge in [0.1, 0.15) is 0 Å². The summed E-state index contributed by atoms with van der Waals surface area (Å²) in [5.41, 5.74) is 4.56. The van der Waals surface area contributed by atoms with Crippen molar-refractivity contribution in [1.29, 1.82) is 0 Å². The fraction of sp³-hybridized carbons (Fsp3) is 0.538. The molecule has 1 N–H and O–H groups in total. The van der Waals surface area contributed by atoms with Crippen molar-refractivity contribution in [3.8, 4) is 0 Å². The van der Waals surface area contributed by atoms with Crippen LogP contribution in [0.25, 0.3) is 0 Å². The number of nitrogens with one attached hydrogen (secondary N) is 1. The molecule has 1 nitrogen and oxygen atoms in total. The van der Waals surface area contributed by atoms with Crippen LogP contribution in [0.5, 0.6) is 0 Å². The van der Waals surface area contributed by atoms with Gasteiger partial charge in [0.25, 0.3) is 0 Å². The lowest BCUT2D eigenvalue weighted by Crippen LogP contribution is -2.24.